The highest BCUT2D eigenvalue weighted by atomic mass is 32.2. The number of hydrogen-bond acceptors (Lipinski definition) is 10. The molecule has 0 bridgehead atoms. The van der Waals surface area contributed by atoms with Crippen molar-refractivity contribution in [3.8, 4) is 17.2 Å². The van der Waals surface area contributed by atoms with E-state index < -0.39 is 0 Å². The van der Waals surface area contributed by atoms with Gasteiger partial charge < -0.3 is 29.6 Å². The fourth-order valence-corrected chi connectivity index (χ4v) is 3.65. The molecule has 0 unspecified atom stereocenters. The van der Waals surface area contributed by atoms with E-state index in [2.05, 4.69) is 20.8 Å². The zero-order chi connectivity index (χ0) is 19.6. The van der Waals surface area contributed by atoms with Crippen LogP contribution in [0, 0.1) is 0 Å². The average molecular weight is 415 g/mol. The second-order valence-corrected chi connectivity index (χ2v) is 7.24. The van der Waals surface area contributed by atoms with Gasteiger partial charge in [-0.3, -0.25) is 4.79 Å². The Hall–Kier alpha value is -2.24. The molecule has 2 N–H and O–H groups in total. The quantitative estimate of drug-likeness (QED) is 0.423. The van der Waals surface area contributed by atoms with E-state index in [-0.39, 0.29) is 11.7 Å². The Balaban J connectivity index is 1.92. The van der Waals surface area contributed by atoms with Crippen LogP contribution in [0.2, 0.25) is 0 Å². The lowest BCUT2D eigenvalue weighted by molar-refractivity contribution is -0.113. The number of anilines is 2. The van der Waals surface area contributed by atoms with Crippen molar-refractivity contribution < 1.29 is 23.7 Å². The number of nitrogens with one attached hydrogen (secondary N) is 2. The maximum Gasteiger partial charge on any atom is 0.234 e. The van der Waals surface area contributed by atoms with Gasteiger partial charge in [0.25, 0.3) is 0 Å². The van der Waals surface area contributed by atoms with Gasteiger partial charge in [-0.1, -0.05) is 23.1 Å². The van der Waals surface area contributed by atoms with E-state index in [1.807, 2.05) is 0 Å². The zero-order valence-corrected chi connectivity index (χ0v) is 17.2. The first-order valence-corrected chi connectivity index (χ1v) is 9.70. The predicted molar refractivity (Wildman–Crippen MR) is 106 cm³/mol. The SMILES string of the molecule is COCCNc1nnc(SCC(=O)Nc2cc(OC)c(OC)c(OC)c2)s1. The lowest BCUT2D eigenvalue weighted by atomic mass is 10.2. The predicted octanol–water partition coefficient (Wildman–Crippen LogP) is 2.35. The van der Waals surface area contributed by atoms with Gasteiger partial charge in [-0.2, -0.15) is 0 Å². The molecule has 0 aliphatic heterocycles. The van der Waals surface area contributed by atoms with Crippen LogP contribution in [0.4, 0.5) is 10.8 Å². The standard InChI is InChI=1S/C16H22N4O5S2/c1-22-6-5-17-15-19-20-16(27-15)26-9-13(21)18-10-7-11(23-2)14(25-4)12(8-10)24-3/h7-8H,5-6,9H2,1-4H3,(H,17,19)(H,18,21). The summed E-state index contributed by atoms with van der Waals surface area (Å²) in [5.41, 5.74) is 0.550. The van der Waals surface area contributed by atoms with Crippen LogP contribution in [0.1, 0.15) is 0 Å². The molecule has 148 valence electrons. The molecule has 1 aromatic carbocycles. The van der Waals surface area contributed by atoms with Crippen molar-refractivity contribution in [2.24, 2.45) is 0 Å². The third-order valence-electron chi connectivity index (χ3n) is 3.26. The first-order chi connectivity index (χ1) is 13.1. The number of carbonyl (C=O) groups excluding carboxylic acids is 1. The van der Waals surface area contributed by atoms with Crippen molar-refractivity contribution in [1.82, 2.24) is 10.2 Å². The van der Waals surface area contributed by atoms with Gasteiger partial charge >= 0.3 is 0 Å². The molecular formula is C16H22N4O5S2. The minimum Gasteiger partial charge on any atom is -0.493 e. The molecule has 9 nitrogen and oxygen atoms in total. The topological polar surface area (TPSA) is 104 Å². The minimum absolute atomic E-state index is 0.182. The van der Waals surface area contributed by atoms with Crippen LogP contribution >= 0.6 is 23.1 Å². The highest BCUT2D eigenvalue weighted by Gasteiger charge is 2.15. The van der Waals surface area contributed by atoms with Gasteiger partial charge in [-0.05, 0) is 0 Å². The summed E-state index contributed by atoms with van der Waals surface area (Å²) in [6.45, 7) is 1.23. The first-order valence-electron chi connectivity index (χ1n) is 7.90. The van der Waals surface area contributed by atoms with E-state index in [0.717, 1.165) is 0 Å². The highest BCUT2D eigenvalue weighted by Crippen LogP contribution is 2.40. The van der Waals surface area contributed by atoms with Gasteiger partial charge in [0.15, 0.2) is 15.8 Å². The lowest BCUT2D eigenvalue weighted by Crippen LogP contribution is -2.14. The van der Waals surface area contributed by atoms with Crippen LogP contribution in [-0.4, -0.2) is 63.4 Å². The van der Waals surface area contributed by atoms with Crippen LogP contribution < -0.4 is 24.8 Å². The van der Waals surface area contributed by atoms with Crippen LogP contribution in [0.3, 0.4) is 0 Å². The fourth-order valence-electron chi connectivity index (χ4n) is 2.08. The Morgan fingerprint density at radius 1 is 1.11 bits per heavy atom. The summed E-state index contributed by atoms with van der Waals surface area (Å²) in [5.74, 6) is 1.42. The van der Waals surface area contributed by atoms with E-state index in [1.165, 1.54) is 44.4 Å². The van der Waals surface area contributed by atoms with Crippen LogP contribution in [-0.2, 0) is 9.53 Å². The van der Waals surface area contributed by atoms with Crippen molar-refractivity contribution in [3.05, 3.63) is 12.1 Å². The van der Waals surface area contributed by atoms with Gasteiger partial charge in [-0.15, -0.1) is 10.2 Å². The number of amides is 1. The van der Waals surface area contributed by atoms with Crippen LogP contribution in [0.5, 0.6) is 17.2 Å². The molecule has 0 aliphatic carbocycles. The monoisotopic (exact) mass is 414 g/mol. The van der Waals surface area contributed by atoms with Crippen molar-refractivity contribution in [2.45, 2.75) is 4.34 Å². The largest absolute Gasteiger partial charge is 0.493 e. The molecule has 0 spiro atoms. The van der Waals surface area contributed by atoms with Gasteiger partial charge in [-0.25, -0.2) is 0 Å². The Kier molecular flexibility index (Phi) is 8.43. The number of carbonyl (C=O) groups is 1. The Morgan fingerprint density at radius 2 is 1.81 bits per heavy atom. The second kappa shape index (κ2) is 10.8. The molecule has 11 heteroatoms. The number of methoxy groups -OCH3 is 4. The van der Waals surface area contributed by atoms with Crippen LogP contribution in [0.15, 0.2) is 16.5 Å². The van der Waals surface area contributed by atoms with Gasteiger partial charge in [0.2, 0.25) is 16.8 Å². The third kappa shape index (κ3) is 6.15. The number of hydrogen-bond donors (Lipinski definition) is 2. The summed E-state index contributed by atoms with van der Waals surface area (Å²) in [7, 11) is 6.20. The molecular weight excluding hydrogens is 392 g/mol. The first kappa shape index (κ1) is 21.1. The molecule has 0 saturated heterocycles. The highest BCUT2D eigenvalue weighted by molar-refractivity contribution is 8.01. The molecule has 0 saturated carbocycles. The smallest absolute Gasteiger partial charge is 0.234 e. The summed E-state index contributed by atoms with van der Waals surface area (Å²) >= 11 is 2.70. The van der Waals surface area contributed by atoms with Crippen molar-refractivity contribution in [3.63, 3.8) is 0 Å². The molecule has 1 amide bonds. The van der Waals surface area contributed by atoms with Crippen molar-refractivity contribution in [2.75, 3.05) is 58.0 Å². The number of thioether (sulfide) groups is 1. The second-order valence-electron chi connectivity index (χ2n) is 5.04. The molecule has 2 aromatic rings. The Labute approximate surface area is 165 Å². The van der Waals surface area contributed by atoms with E-state index in [4.69, 9.17) is 18.9 Å². The van der Waals surface area contributed by atoms with E-state index in [1.54, 1.807) is 19.2 Å². The lowest BCUT2D eigenvalue weighted by Gasteiger charge is -2.14. The van der Waals surface area contributed by atoms with E-state index in [0.29, 0.717) is 45.6 Å². The maximum atomic E-state index is 12.2. The van der Waals surface area contributed by atoms with Crippen molar-refractivity contribution >= 4 is 39.8 Å². The molecule has 27 heavy (non-hydrogen) atoms. The third-order valence-corrected chi connectivity index (χ3v) is 5.28. The van der Waals surface area contributed by atoms with E-state index >= 15 is 0 Å². The van der Waals surface area contributed by atoms with Gasteiger partial charge in [0.1, 0.15) is 0 Å². The minimum atomic E-state index is -0.182. The number of aromatic nitrogens is 2. The molecule has 1 aromatic heterocycles. The van der Waals surface area contributed by atoms with Crippen molar-refractivity contribution in [1.29, 1.82) is 0 Å². The van der Waals surface area contributed by atoms with Gasteiger partial charge in [0.05, 0.1) is 33.7 Å². The molecule has 1 heterocycles. The normalized spacial score (nSPS) is 10.4. The molecule has 2 rings (SSSR count). The number of ether oxygens (including phenoxy) is 4. The van der Waals surface area contributed by atoms with Gasteiger partial charge in [0, 0.05) is 31.5 Å². The Morgan fingerprint density at radius 3 is 2.41 bits per heavy atom. The molecule has 0 fully saturated rings. The average Bonchev–Trinajstić information content (AvgIpc) is 3.13. The zero-order valence-electron chi connectivity index (χ0n) is 15.5. The molecule has 0 aliphatic rings. The summed E-state index contributed by atoms with van der Waals surface area (Å²) < 4.78 is 21.5. The van der Waals surface area contributed by atoms with Crippen LogP contribution in [0.25, 0.3) is 0 Å². The number of nitrogens with zero attached hydrogens (tertiary/aromatic N) is 2. The Bertz CT molecular complexity index is 731. The summed E-state index contributed by atoms with van der Waals surface area (Å²) in [4.78, 5) is 12.2. The molecule has 0 radical (unpaired) electrons. The summed E-state index contributed by atoms with van der Waals surface area (Å²) in [5, 5.41) is 14.7. The van der Waals surface area contributed by atoms with E-state index in [9.17, 15) is 4.79 Å². The number of benzene rings is 1. The fraction of sp³-hybridized carbons (Fsp3) is 0.438. The summed E-state index contributed by atoms with van der Waals surface area (Å²) in [6.07, 6.45) is 0. The summed E-state index contributed by atoms with van der Waals surface area (Å²) in [6, 6.07) is 3.35. The maximum absolute atomic E-state index is 12.2. The molecule has 0 atom stereocenters. The number of rotatable bonds is 11.